The van der Waals surface area contributed by atoms with Crippen molar-refractivity contribution in [1.82, 2.24) is 16.0 Å². The number of aldehydes is 1. The van der Waals surface area contributed by atoms with Crippen LogP contribution in [0.1, 0.15) is 65.2 Å². The molecule has 0 unspecified atom stereocenters. The molecule has 28 heavy (non-hydrogen) atoms. The molecule has 3 amide bonds. The lowest BCUT2D eigenvalue weighted by Gasteiger charge is -2.25. The first kappa shape index (κ1) is 22.2. The minimum atomic E-state index is -0.782. The smallest absolute Gasteiger partial charge is 0.408 e. The molecule has 1 saturated carbocycles. The highest BCUT2D eigenvalue weighted by atomic mass is 16.6. The van der Waals surface area contributed by atoms with Gasteiger partial charge in [-0.05, 0) is 50.9 Å². The molecule has 0 aromatic heterocycles. The predicted octanol–water partition coefficient (Wildman–Crippen LogP) is 1.67. The third kappa shape index (κ3) is 7.13. The van der Waals surface area contributed by atoms with Gasteiger partial charge in [0.15, 0.2) is 0 Å². The summed E-state index contributed by atoms with van der Waals surface area (Å²) in [6.07, 6.45) is 6.26. The van der Waals surface area contributed by atoms with Gasteiger partial charge in [0.05, 0.1) is 6.04 Å². The quantitative estimate of drug-likeness (QED) is 0.514. The van der Waals surface area contributed by atoms with E-state index in [0.717, 1.165) is 32.1 Å². The first-order valence-corrected chi connectivity index (χ1v) is 10.4. The van der Waals surface area contributed by atoms with E-state index < -0.39 is 24.1 Å². The fourth-order valence-electron chi connectivity index (χ4n) is 3.82. The molecule has 0 aromatic carbocycles. The van der Waals surface area contributed by atoms with Crippen LogP contribution in [0.15, 0.2) is 0 Å². The van der Waals surface area contributed by atoms with Gasteiger partial charge in [-0.3, -0.25) is 9.59 Å². The summed E-state index contributed by atoms with van der Waals surface area (Å²) in [6.45, 7) is 4.50. The molecule has 8 heteroatoms. The molecule has 0 bridgehead atoms. The molecule has 8 nitrogen and oxygen atoms in total. The minimum Gasteiger partial charge on any atom is -0.446 e. The van der Waals surface area contributed by atoms with Crippen molar-refractivity contribution in [3.63, 3.8) is 0 Å². The highest BCUT2D eigenvalue weighted by Gasteiger charge is 2.30. The van der Waals surface area contributed by atoms with Gasteiger partial charge < -0.3 is 25.5 Å². The number of nitrogens with one attached hydrogen (secondary N) is 3. The number of amides is 3. The second kappa shape index (κ2) is 11.0. The largest absolute Gasteiger partial charge is 0.446 e. The average molecular weight is 396 g/mol. The molecular weight excluding hydrogens is 362 g/mol. The Morgan fingerprint density at radius 2 is 1.89 bits per heavy atom. The molecule has 0 spiro atoms. The number of hydrogen-bond acceptors (Lipinski definition) is 5. The molecule has 2 rings (SSSR count). The maximum atomic E-state index is 12.7. The zero-order valence-electron chi connectivity index (χ0n) is 16.9. The fourth-order valence-corrected chi connectivity index (χ4v) is 3.82. The van der Waals surface area contributed by atoms with Gasteiger partial charge in [-0.15, -0.1) is 0 Å². The van der Waals surface area contributed by atoms with Gasteiger partial charge in [-0.25, -0.2) is 4.79 Å². The van der Waals surface area contributed by atoms with Crippen molar-refractivity contribution in [2.75, 3.05) is 6.54 Å². The second-order valence-electron chi connectivity index (χ2n) is 8.26. The van der Waals surface area contributed by atoms with Crippen molar-refractivity contribution in [2.45, 2.75) is 83.4 Å². The van der Waals surface area contributed by atoms with Crippen LogP contribution in [0.25, 0.3) is 0 Å². The zero-order chi connectivity index (χ0) is 20.5. The highest BCUT2D eigenvalue weighted by molar-refractivity contribution is 5.88. The highest BCUT2D eigenvalue weighted by Crippen LogP contribution is 2.20. The number of carbonyl (C=O) groups is 4. The SMILES string of the molecule is CC(C)C[C@H](NC(=O)OC1CCCCC1)C(=O)N[C@H](C=O)C[C@@H]1CCNC1=O. The molecule has 1 saturated heterocycles. The van der Waals surface area contributed by atoms with Crippen molar-refractivity contribution < 1.29 is 23.9 Å². The van der Waals surface area contributed by atoms with E-state index in [0.29, 0.717) is 25.7 Å². The minimum absolute atomic E-state index is 0.0889. The standard InChI is InChI=1S/C20H33N3O5/c1-13(2)10-17(23-20(27)28-16-6-4-3-5-7-16)19(26)22-15(12-24)11-14-8-9-21-18(14)25/h12-17H,3-11H2,1-2H3,(H,21,25)(H,22,26)(H,23,27)/t14-,15-,17-/m0/s1. The van der Waals surface area contributed by atoms with Crippen LogP contribution in [0.5, 0.6) is 0 Å². The van der Waals surface area contributed by atoms with Crippen LogP contribution >= 0.6 is 0 Å². The fraction of sp³-hybridized carbons (Fsp3) is 0.800. The van der Waals surface area contributed by atoms with E-state index in [9.17, 15) is 19.2 Å². The van der Waals surface area contributed by atoms with Crippen LogP contribution in [0, 0.1) is 11.8 Å². The number of ether oxygens (including phenoxy) is 1. The molecule has 3 atom stereocenters. The van der Waals surface area contributed by atoms with Gasteiger partial charge in [-0.2, -0.15) is 0 Å². The monoisotopic (exact) mass is 395 g/mol. The van der Waals surface area contributed by atoms with E-state index in [1.807, 2.05) is 13.8 Å². The molecule has 1 heterocycles. The summed E-state index contributed by atoms with van der Waals surface area (Å²) in [5.41, 5.74) is 0. The first-order chi connectivity index (χ1) is 13.4. The molecule has 3 N–H and O–H groups in total. The molecular formula is C20H33N3O5. The van der Waals surface area contributed by atoms with Crippen molar-refractivity contribution >= 4 is 24.2 Å². The summed E-state index contributed by atoms with van der Waals surface area (Å²) in [7, 11) is 0. The third-order valence-electron chi connectivity index (χ3n) is 5.33. The van der Waals surface area contributed by atoms with Crippen molar-refractivity contribution in [3.8, 4) is 0 Å². The molecule has 0 radical (unpaired) electrons. The summed E-state index contributed by atoms with van der Waals surface area (Å²) in [5, 5.41) is 8.06. The molecule has 1 aliphatic carbocycles. The van der Waals surface area contributed by atoms with Crippen LogP contribution in [-0.2, 0) is 19.1 Å². The summed E-state index contributed by atoms with van der Waals surface area (Å²) >= 11 is 0. The summed E-state index contributed by atoms with van der Waals surface area (Å²) in [6, 6.07) is -1.54. The second-order valence-corrected chi connectivity index (χ2v) is 8.26. The third-order valence-corrected chi connectivity index (χ3v) is 5.33. The van der Waals surface area contributed by atoms with Crippen molar-refractivity contribution in [3.05, 3.63) is 0 Å². The van der Waals surface area contributed by atoms with Crippen LogP contribution in [0.4, 0.5) is 4.79 Å². The first-order valence-electron chi connectivity index (χ1n) is 10.4. The Morgan fingerprint density at radius 3 is 2.46 bits per heavy atom. The van der Waals surface area contributed by atoms with Gasteiger partial charge in [0.2, 0.25) is 11.8 Å². The van der Waals surface area contributed by atoms with E-state index in [1.165, 1.54) is 0 Å². The van der Waals surface area contributed by atoms with Gasteiger partial charge in [0.25, 0.3) is 0 Å². The van der Waals surface area contributed by atoms with Gasteiger partial charge in [0.1, 0.15) is 18.4 Å². The lowest BCUT2D eigenvalue weighted by Crippen LogP contribution is -2.51. The Balaban J connectivity index is 1.89. The average Bonchev–Trinajstić information content (AvgIpc) is 3.05. The summed E-state index contributed by atoms with van der Waals surface area (Å²) in [5.74, 6) is -0.622. The maximum Gasteiger partial charge on any atom is 0.408 e. The Morgan fingerprint density at radius 1 is 1.18 bits per heavy atom. The molecule has 158 valence electrons. The Hall–Kier alpha value is -2.12. The van der Waals surface area contributed by atoms with Crippen molar-refractivity contribution in [1.29, 1.82) is 0 Å². The Labute approximate surface area is 166 Å². The summed E-state index contributed by atoms with van der Waals surface area (Å²) in [4.78, 5) is 48.1. The van der Waals surface area contributed by atoms with E-state index in [1.54, 1.807) is 0 Å². The molecule has 0 aromatic rings. The number of hydrogen-bond donors (Lipinski definition) is 3. The molecule has 2 fully saturated rings. The van der Waals surface area contributed by atoms with Crippen LogP contribution in [-0.4, -0.2) is 48.9 Å². The zero-order valence-corrected chi connectivity index (χ0v) is 16.9. The molecule has 2 aliphatic rings. The van der Waals surface area contributed by atoms with Gasteiger partial charge >= 0.3 is 6.09 Å². The topological polar surface area (TPSA) is 114 Å². The van der Waals surface area contributed by atoms with Crippen LogP contribution < -0.4 is 16.0 Å². The van der Waals surface area contributed by atoms with Crippen LogP contribution in [0.2, 0.25) is 0 Å². The van der Waals surface area contributed by atoms with E-state index >= 15 is 0 Å². The lowest BCUT2D eigenvalue weighted by molar-refractivity contribution is -0.127. The normalized spacial score (nSPS) is 22.2. The number of carbonyl (C=O) groups excluding carboxylic acids is 4. The lowest BCUT2D eigenvalue weighted by atomic mass is 9.98. The number of alkyl carbamates (subject to hydrolysis) is 1. The van der Waals surface area contributed by atoms with Crippen LogP contribution in [0.3, 0.4) is 0 Å². The Kier molecular flexibility index (Phi) is 8.73. The predicted molar refractivity (Wildman–Crippen MR) is 103 cm³/mol. The van der Waals surface area contributed by atoms with E-state index in [2.05, 4.69) is 16.0 Å². The number of rotatable bonds is 9. The van der Waals surface area contributed by atoms with E-state index in [-0.39, 0.29) is 30.3 Å². The Bertz CT molecular complexity index is 560. The van der Waals surface area contributed by atoms with Crippen molar-refractivity contribution in [2.24, 2.45) is 11.8 Å². The molecule has 1 aliphatic heterocycles. The van der Waals surface area contributed by atoms with Gasteiger partial charge in [-0.1, -0.05) is 20.3 Å². The summed E-state index contributed by atoms with van der Waals surface area (Å²) < 4.78 is 5.45. The van der Waals surface area contributed by atoms with Gasteiger partial charge in [0, 0.05) is 12.5 Å². The maximum absolute atomic E-state index is 12.7. The van der Waals surface area contributed by atoms with E-state index in [4.69, 9.17) is 4.74 Å².